The van der Waals surface area contributed by atoms with Crippen molar-refractivity contribution in [2.24, 2.45) is 34.5 Å². The lowest BCUT2D eigenvalue weighted by Crippen LogP contribution is -2.82. The molecule has 1 aromatic carbocycles. The molecule has 13 atom stereocenters. The summed E-state index contributed by atoms with van der Waals surface area (Å²) >= 11 is 0. The summed E-state index contributed by atoms with van der Waals surface area (Å²) < 4.78 is 24.4. The van der Waals surface area contributed by atoms with E-state index in [4.69, 9.17) is 24.7 Å². The Labute approximate surface area is 241 Å². The highest BCUT2D eigenvalue weighted by atomic mass is 16.5. The molecule has 10 heteroatoms. The first kappa shape index (κ1) is 28.0. The van der Waals surface area contributed by atoms with Crippen molar-refractivity contribution in [3.63, 3.8) is 0 Å². The molecule has 1 spiro atoms. The number of nitrogen functional groups attached to an aromatic ring is 1. The van der Waals surface area contributed by atoms with Crippen molar-refractivity contribution in [2.45, 2.75) is 74.3 Å². The highest BCUT2D eigenvalue weighted by molar-refractivity contribution is 5.95. The number of nitrogens with two attached hydrogens (primary N) is 1. The summed E-state index contributed by atoms with van der Waals surface area (Å²) in [7, 11) is 4.91. The first-order chi connectivity index (χ1) is 19.6. The molecule has 1 saturated heterocycles. The Morgan fingerprint density at radius 2 is 1.90 bits per heavy atom. The van der Waals surface area contributed by atoms with E-state index in [1.165, 1.54) is 0 Å². The number of para-hydroxylation sites is 1. The van der Waals surface area contributed by atoms with Gasteiger partial charge >= 0.3 is 5.97 Å². The van der Waals surface area contributed by atoms with Crippen molar-refractivity contribution in [3.05, 3.63) is 29.8 Å². The van der Waals surface area contributed by atoms with Gasteiger partial charge in [0.1, 0.15) is 11.2 Å². The Bertz CT molecular complexity index is 1230. The summed E-state index contributed by atoms with van der Waals surface area (Å²) in [5.74, 6) is -1.32. The fourth-order valence-corrected chi connectivity index (χ4v) is 11.7. The smallest absolute Gasteiger partial charge is 0.340 e. The van der Waals surface area contributed by atoms with Gasteiger partial charge in [0.2, 0.25) is 0 Å². The minimum Gasteiger partial charge on any atom is -0.461 e. The molecule has 7 bridgehead atoms. The number of carbonyl (C=O) groups excluding carboxylic acids is 1. The Balaban J connectivity index is 1.39. The zero-order chi connectivity index (χ0) is 29.1. The van der Waals surface area contributed by atoms with Crippen LogP contribution >= 0.6 is 0 Å². The van der Waals surface area contributed by atoms with Crippen molar-refractivity contribution in [1.29, 1.82) is 0 Å². The number of methoxy groups -OCH3 is 3. The van der Waals surface area contributed by atoms with Gasteiger partial charge < -0.3 is 40.0 Å². The van der Waals surface area contributed by atoms with Gasteiger partial charge in [-0.3, -0.25) is 4.90 Å². The number of likely N-dealkylation sites (N-methyl/N-ethyl adjacent to an activating group) is 1. The molecule has 0 radical (unpaired) electrons. The average Bonchev–Trinajstić information content (AvgIpc) is 3.39. The number of rotatable bonds is 7. The normalized spacial score (nSPS) is 51.0. The molecule has 6 aliphatic rings. The number of benzene rings is 1. The van der Waals surface area contributed by atoms with Gasteiger partial charge in [0.15, 0.2) is 0 Å². The molecule has 1 aliphatic heterocycles. The summed E-state index contributed by atoms with van der Waals surface area (Å²) in [5, 5.41) is 38.2. The number of fused-ring (bicyclic) bond motifs is 2. The molecular formula is C31H44N2O8. The highest BCUT2D eigenvalue weighted by Gasteiger charge is 2.91. The van der Waals surface area contributed by atoms with Crippen LogP contribution in [0.5, 0.6) is 0 Å². The third kappa shape index (κ3) is 3.05. The number of likely N-dealkylation sites (tertiary alicyclic amines) is 1. The number of carbonyl (C=O) groups is 1. The van der Waals surface area contributed by atoms with Crippen molar-refractivity contribution in [1.82, 2.24) is 4.90 Å². The van der Waals surface area contributed by atoms with Gasteiger partial charge in [-0.2, -0.15) is 0 Å². The summed E-state index contributed by atoms with van der Waals surface area (Å²) in [6, 6.07) is 6.34. The molecule has 226 valence electrons. The predicted molar refractivity (Wildman–Crippen MR) is 148 cm³/mol. The van der Waals surface area contributed by atoms with Crippen LogP contribution in [0.25, 0.3) is 0 Å². The molecule has 41 heavy (non-hydrogen) atoms. The number of ether oxygens (including phenoxy) is 4. The van der Waals surface area contributed by atoms with Crippen LogP contribution < -0.4 is 5.73 Å². The van der Waals surface area contributed by atoms with Crippen LogP contribution in [0.3, 0.4) is 0 Å². The summed E-state index contributed by atoms with van der Waals surface area (Å²) in [6.45, 7) is 3.31. The second kappa shape index (κ2) is 9.11. The van der Waals surface area contributed by atoms with Crippen molar-refractivity contribution < 1.29 is 39.1 Å². The van der Waals surface area contributed by atoms with Crippen LogP contribution in [0.4, 0.5) is 5.69 Å². The van der Waals surface area contributed by atoms with Crippen LogP contribution in [-0.2, 0) is 18.9 Å². The standard InChI is InChI=1S/C31H44N2O8/c1-5-33-14-28(15-41-26(35)16-8-6-7-9-19(16)32)11-10-21(34)30-18-12-17-20(38-2)13-29(36,22(18)23(17)39-3)31(37,27(30)33)25(40-4)24(28)30/h6-9,17-18,20-25,27,34,36-37H,5,10-15,32H2,1-4H3/t17?,18?,20-,21?,22?,23?,24?,25?,27?,28-,29+,30?,31?/m0/s1. The number of aliphatic hydroxyl groups is 3. The number of hydrogen-bond acceptors (Lipinski definition) is 10. The van der Waals surface area contributed by atoms with Gasteiger partial charge in [0.25, 0.3) is 0 Å². The lowest BCUT2D eigenvalue weighted by atomic mass is 9.42. The van der Waals surface area contributed by atoms with Crippen LogP contribution in [0.2, 0.25) is 0 Å². The Kier molecular flexibility index (Phi) is 6.22. The molecule has 6 fully saturated rings. The van der Waals surface area contributed by atoms with Crippen LogP contribution in [0.1, 0.15) is 43.0 Å². The fourth-order valence-electron chi connectivity index (χ4n) is 11.7. The first-order valence-corrected chi connectivity index (χ1v) is 15.1. The topological polar surface area (TPSA) is 144 Å². The lowest BCUT2D eigenvalue weighted by Gasteiger charge is -2.69. The van der Waals surface area contributed by atoms with E-state index in [9.17, 15) is 20.1 Å². The van der Waals surface area contributed by atoms with E-state index in [1.807, 2.05) is 6.92 Å². The Hall–Kier alpha value is -1.79. The third-order valence-corrected chi connectivity index (χ3v) is 12.7. The monoisotopic (exact) mass is 572 g/mol. The fraction of sp³-hybridized carbons (Fsp3) is 0.774. The summed E-state index contributed by atoms with van der Waals surface area (Å²) in [6.07, 6.45) is -0.0175. The van der Waals surface area contributed by atoms with E-state index >= 15 is 0 Å². The predicted octanol–water partition coefficient (Wildman–Crippen LogP) is 1.06. The van der Waals surface area contributed by atoms with Crippen LogP contribution in [-0.4, -0.2) is 109 Å². The van der Waals surface area contributed by atoms with Gasteiger partial charge in [-0.05, 0) is 43.9 Å². The zero-order valence-electron chi connectivity index (χ0n) is 24.4. The maximum Gasteiger partial charge on any atom is 0.340 e. The van der Waals surface area contributed by atoms with Gasteiger partial charge in [0.05, 0.1) is 42.6 Å². The number of anilines is 1. The molecular weight excluding hydrogens is 528 g/mol. The number of piperidine rings is 1. The van der Waals surface area contributed by atoms with Gasteiger partial charge in [-0.25, -0.2) is 4.79 Å². The van der Waals surface area contributed by atoms with E-state index in [0.717, 1.165) is 0 Å². The molecule has 7 rings (SSSR count). The Morgan fingerprint density at radius 3 is 2.56 bits per heavy atom. The highest BCUT2D eigenvalue weighted by Crippen LogP contribution is 2.80. The summed E-state index contributed by atoms with van der Waals surface area (Å²) in [4.78, 5) is 15.5. The largest absolute Gasteiger partial charge is 0.461 e. The molecule has 1 heterocycles. The molecule has 5 N–H and O–H groups in total. The molecule has 5 aliphatic carbocycles. The molecule has 0 aromatic heterocycles. The van der Waals surface area contributed by atoms with Gasteiger partial charge in [0, 0.05) is 68.6 Å². The number of hydrogen-bond donors (Lipinski definition) is 4. The second-order valence-corrected chi connectivity index (χ2v) is 13.6. The SMILES string of the molecule is CCN1C[C@]2(COC(=O)c3ccccc3N)CCC(O)C34C5CC6C(OC)C5[C@](O)(C[C@@H]6OC)C(O)(C(OC)C32)C14. The lowest BCUT2D eigenvalue weighted by molar-refractivity contribution is -0.318. The molecule has 0 amide bonds. The van der Waals surface area contributed by atoms with Crippen molar-refractivity contribution in [3.8, 4) is 0 Å². The number of nitrogens with zero attached hydrogens (tertiary/aromatic N) is 1. The molecule has 10 unspecified atom stereocenters. The maximum absolute atomic E-state index is 13.3. The van der Waals surface area contributed by atoms with E-state index < -0.39 is 46.3 Å². The third-order valence-electron chi connectivity index (χ3n) is 12.7. The van der Waals surface area contributed by atoms with E-state index in [0.29, 0.717) is 43.6 Å². The first-order valence-electron chi connectivity index (χ1n) is 15.1. The van der Waals surface area contributed by atoms with Gasteiger partial charge in [-0.1, -0.05) is 19.1 Å². The number of aliphatic hydroxyl groups excluding tert-OH is 1. The molecule has 5 saturated carbocycles. The minimum absolute atomic E-state index is 0.0387. The molecule has 1 aromatic rings. The zero-order valence-corrected chi connectivity index (χ0v) is 24.4. The van der Waals surface area contributed by atoms with E-state index in [2.05, 4.69) is 4.90 Å². The van der Waals surface area contributed by atoms with Crippen molar-refractivity contribution >= 4 is 11.7 Å². The maximum atomic E-state index is 13.3. The van der Waals surface area contributed by atoms with E-state index in [-0.39, 0.29) is 48.9 Å². The molecule has 10 nitrogen and oxygen atoms in total. The second-order valence-electron chi connectivity index (χ2n) is 13.6. The summed E-state index contributed by atoms with van der Waals surface area (Å²) in [5.41, 5.74) is 2.12. The number of esters is 1. The average molecular weight is 573 g/mol. The van der Waals surface area contributed by atoms with Crippen LogP contribution in [0.15, 0.2) is 24.3 Å². The Morgan fingerprint density at radius 1 is 1.15 bits per heavy atom. The van der Waals surface area contributed by atoms with Crippen molar-refractivity contribution in [2.75, 3.05) is 46.8 Å². The van der Waals surface area contributed by atoms with Crippen LogP contribution in [0, 0.1) is 34.5 Å². The quantitative estimate of drug-likeness (QED) is 0.277. The van der Waals surface area contributed by atoms with E-state index in [1.54, 1.807) is 45.6 Å². The minimum atomic E-state index is -1.70. The van der Waals surface area contributed by atoms with Gasteiger partial charge in [-0.15, -0.1) is 0 Å².